The number of amides is 2. The standard InChI is InChI=1S/C13H19N3O2/c1-2-11(9-6-4-3-5-7-9)16-13(18)10(14)8-12(15)17/h3-7,10-11H,2,8,14H2,1H3,(H2,15,17)(H,16,18). The van der Waals surface area contributed by atoms with Gasteiger partial charge in [0.15, 0.2) is 0 Å². The van der Waals surface area contributed by atoms with Crippen LogP contribution in [-0.2, 0) is 9.59 Å². The Kier molecular flexibility index (Phi) is 5.32. The number of nitrogens with one attached hydrogen (secondary N) is 1. The molecule has 2 amide bonds. The lowest BCUT2D eigenvalue weighted by atomic mass is 10.0. The van der Waals surface area contributed by atoms with Gasteiger partial charge >= 0.3 is 0 Å². The average Bonchev–Trinajstić information content (AvgIpc) is 2.35. The number of carbonyl (C=O) groups excluding carboxylic acids is 2. The molecule has 1 aromatic carbocycles. The van der Waals surface area contributed by atoms with Gasteiger partial charge < -0.3 is 16.8 Å². The summed E-state index contributed by atoms with van der Waals surface area (Å²) in [5, 5.41) is 2.82. The topological polar surface area (TPSA) is 98.2 Å². The van der Waals surface area contributed by atoms with Crippen molar-refractivity contribution >= 4 is 11.8 Å². The average molecular weight is 249 g/mol. The van der Waals surface area contributed by atoms with Gasteiger partial charge in [0, 0.05) is 0 Å². The lowest BCUT2D eigenvalue weighted by Crippen LogP contribution is -2.44. The van der Waals surface area contributed by atoms with Crippen LogP contribution in [-0.4, -0.2) is 17.9 Å². The van der Waals surface area contributed by atoms with Crippen molar-refractivity contribution in [1.82, 2.24) is 5.32 Å². The van der Waals surface area contributed by atoms with Crippen LogP contribution < -0.4 is 16.8 Å². The summed E-state index contributed by atoms with van der Waals surface area (Å²) in [4.78, 5) is 22.5. The molecule has 0 saturated heterocycles. The van der Waals surface area contributed by atoms with Gasteiger partial charge in [0.25, 0.3) is 0 Å². The zero-order valence-electron chi connectivity index (χ0n) is 10.4. The molecule has 0 aliphatic heterocycles. The fourth-order valence-electron chi connectivity index (χ4n) is 1.69. The van der Waals surface area contributed by atoms with Crippen molar-refractivity contribution in [3.8, 4) is 0 Å². The minimum atomic E-state index is -0.889. The lowest BCUT2D eigenvalue weighted by Gasteiger charge is -2.19. The maximum Gasteiger partial charge on any atom is 0.237 e. The third-order valence-electron chi connectivity index (χ3n) is 2.68. The van der Waals surface area contributed by atoms with Crippen LogP contribution in [0.4, 0.5) is 0 Å². The largest absolute Gasteiger partial charge is 0.370 e. The summed E-state index contributed by atoms with van der Waals surface area (Å²) < 4.78 is 0. The first-order valence-electron chi connectivity index (χ1n) is 5.93. The Hall–Kier alpha value is -1.88. The normalized spacial score (nSPS) is 13.7. The van der Waals surface area contributed by atoms with Gasteiger partial charge in [-0.05, 0) is 12.0 Å². The second kappa shape index (κ2) is 6.76. The van der Waals surface area contributed by atoms with Gasteiger partial charge in [-0.25, -0.2) is 0 Å². The zero-order valence-corrected chi connectivity index (χ0v) is 10.4. The Morgan fingerprint density at radius 3 is 2.39 bits per heavy atom. The van der Waals surface area contributed by atoms with Crippen LogP contribution in [0.2, 0.25) is 0 Å². The monoisotopic (exact) mass is 249 g/mol. The molecule has 0 aromatic heterocycles. The van der Waals surface area contributed by atoms with Crippen molar-refractivity contribution in [3.63, 3.8) is 0 Å². The molecule has 2 atom stereocenters. The van der Waals surface area contributed by atoms with Crippen LogP contribution in [0, 0.1) is 0 Å². The molecule has 98 valence electrons. The van der Waals surface area contributed by atoms with Gasteiger partial charge in [-0.1, -0.05) is 37.3 Å². The van der Waals surface area contributed by atoms with Gasteiger partial charge in [0.2, 0.25) is 11.8 Å². The highest BCUT2D eigenvalue weighted by Gasteiger charge is 2.19. The highest BCUT2D eigenvalue weighted by Crippen LogP contribution is 2.15. The van der Waals surface area contributed by atoms with Crippen LogP contribution in [0.5, 0.6) is 0 Å². The van der Waals surface area contributed by atoms with Gasteiger partial charge in [-0.15, -0.1) is 0 Å². The molecule has 1 rings (SSSR count). The first-order valence-corrected chi connectivity index (χ1v) is 5.93. The first kappa shape index (κ1) is 14.2. The number of primary amides is 1. The van der Waals surface area contributed by atoms with E-state index in [0.29, 0.717) is 0 Å². The van der Waals surface area contributed by atoms with Gasteiger partial charge in [-0.3, -0.25) is 9.59 Å². The molecule has 18 heavy (non-hydrogen) atoms. The van der Waals surface area contributed by atoms with E-state index in [2.05, 4.69) is 5.32 Å². The summed E-state index contributed by atoms with van der Waals surface area (Å²) in [6.07, 6.45) is 0.607. The molecular weight excluding hydrogens is 230 g/mol. The number of hydrogen-bond acceptors (Lipinski definition) is 3. The van der Waals surface area contributed by atoms with E-state index in [1.807, 2.05) is 37.3 Å². The van der Waals surface area contributed by atoms with Crippen molar-refractivity contribution in [3.05, 3.63) is 35.9 Å². The van der Waals surface area contributed by atoms with E-state index in [1.165, 1.54) is 0 Å². The highest BCUT2D eigenvalue weighted by atomic mass is 16.2. The highest BCUT2D eigenvalue weighted by molar-refractivity contribution is 5.87. The molecule has 0 fully saturated rings. The van der Waals surface area contributed by atoms with Crippen LogP contribution in [0.25, 0.3) is 0 Å². The third-order valence-corrected chi connectivity index (χ3v) is 2.68. The van der Waals surface area contributed by atoms with Crippen LogP contribution in [0.1, 0.15) is 31.4 Å². The predicted octanol–water partition coefficient (Wildman–Crippen LogP) is 0.457. The molecular formula is C13H19N3O2. The summed E-state index contributed by atoms with van der Waals surface area (Å²) >= 11 is 0. The van der Waals surface area contributed by atoms with Crippen molar-refractivity contribution < 1.29 is 9.59 Å². The van der Waals surface area contributed by atoms with Gasteiger partial charge in [0.1, 0.15) is 0 Å². The Bertz CT molecular complexity index is 406. The number of rotatable bonds is 6. The molecule has 0 spiro atoms. The first-order chi connectivity index (χ1) is 8.54. The summed E-state index contributed by atoms with van der Waals surface area (Å²) in [6.45, 7) is 1.97. The summed E-state index contributed by atoms with van der Waals surface area (Å²) in [7, 11) is 0. The Morgan fingerprint density at radius 2 is 1.89 bits per heavy atom. The van der Waals surface area contributed by atoms with Crippen molar-refractivity contribution in [1.29, 1.82) is 0 Å². The number of hydrogen-bond donors (Lipinski definition) is 3. The molecule has 0 radical (unpaired) electrons. The van der Waals surface area contributed by atoms with Crippen LogP contribution in [0.15, 0.2) is 30.3 Å². The van der Waals surface area contributed by atoms with Gasteiger partial charge in [-0.2, -0.15) is 0 Å². The number of carbonyl (C=O) groups is 2. The molecule has 5 heteroatoms. The van der Waals surface area contributed by atoms with Crippen molar-refractivity contribution in [2.24, 2.45) is 11.5 Å². The molecule has 5 N–H and O–H groups in total. The molecule has 1 aromatic rings. The van der Waals surface area contributed by atoms with E-state index in [-0.39, 0.29) is 18.4 Å². The zero-order chi connectivity index (χ0) is 13.5. The van der Waals surface area contributed by atoms with E-state index in [4.69, 9.17) is 11.5 Å². The quantitative estimate of drug-likeness (QED) is 0.683. The summed E-state index contributed by atoms with van der Waals surface area (Å²) in [5.41, 5.74) is 11.6. The van der Waals surface area contributed by atoms with E-state index in [0.717, 1.165) is 12.0 Å². The maximum absolute atomic E-state index is 11.8. The smallest absolute Gasteiger partial charge is 0.237 e. The molecule has 5 nitrogen and oxygen atoms in total. The fraction of sp³-hybridized carbons (Fsp3) is 0.385. The van der Waals surface area contributed by atoms with Crippen molar-refractivity contribution in [2.75, 3.05) is 0 Å². The molecule has 0 saturated carbocycles. The second-order valence-electron chi connectivity index (χ2n) is 4.16. The van der Waals surface area contributed by atoms with E-state index in [1.54, 1.807) is 0 Å². The Balaban J connectivity index is 2.64. The molecule has 0 bridgehead atoms. The van der Waals surface area contributed by atoms with E-state index < -0.39 is 11.9 Å². The summed E-state index contributed by atoms with van der Waals surface area (Å²) in [5.74, 6) is -0.935. The molecule has 0 heterocycles. The number of benzene rings is 1. The van der Waals surface area contributed by atoms with Gasteiger partial charge in [0.05, 0.1) is 18.5 Å². The molecule has 0 aliphatic carbocycles. The third kappa shape index (κ3) is 4.18. The second-order valence-corrected chi connectivity index (χ2v) is 4.16. The van der Waals surface area contributed by atoms with Crippen LogP contribution >= 0.6 is 0 Å². The lowest BCUT2D eigenvalue weighted by molar-refractivity contribution is -0.126. The fourth-order valence-corrected chi connectivity index (χ4v) is 1.69. The number of nitrogens with two attached hydrogens (primary N) is 2. The Morgan fingerprint density at radius 1 is 1.28 bits per heavy atom. The van der Waals surface area contributed by atoms with Crippen molar-refractivity contribution in [2.45, 2.75) is 31.8 Å². The minimum Gasteiger partial charge on any atom is -0.370 e. The summed E-state index contributed by atoms with van der Waals surface area (Å²) in [6, 6.07) is 8.62. The molecule has 0 aliphatic rings. The van der Waals surface area contributed by atoms with E-state index >= 15 is 0 Å². The predicted molar refractivity (Wildman–Crippen MR) is 69.4 cm³/mol. The Labute approximate surface area is 107 Å². The van der Waals surface area contributed by atoms with Crippen LogP contribution in [0.3, 0.4) is 0 Å². The molecule has 2 unspecified atom stereocenters. The maximum atomic E-state index is 11.8. The van der Waals surface area contributed by atoms with E-state index in [9.17, 15) is 9.59 Å². The minimum absolute atomic E-state index is 0.0994. The SMILES string of the molecule is CCC(NC(=O)C(N)CC(N)=O)c1ccccc1.